The fourth-order valence-corrected chi connectivity index (χ4v) is 47.7. The molecule has 2 aliphatic rings. The van der Waals surface area contributed by atoms with E-state index in [1.807, 2.05) is 0 Å². The van der Waals surface area contributed by atoms with Gasteiger partial charge in [-0.05, 0) is 0 Å². The summed E-state index contributed by atoms with van der Waals surface area (Å²) < 4.78 is 0.0623. The first-order valence-corrected chi connectivity index (χ1v) is 56.8. The molecule has 0 aliphatic heterocycles. The Balaban J connectivity index is 1.78. The van der Waals surface area contributed by atoms with Gasteiger partial charge in [0.05, 0.1) is 0 Å². The van der Waals surface area contributed by atoms with Gasteiger partial charge in [-0.25, -0.2) is 0 Å². The molecule has 4 unspecified atom stereocenters. The molecule has 0 radical (unpaired) electrons. The van der Waals surface area contributed by atoms with Crippen LogP contribution in [0.5, 0.6) is 0 Å². The van der Waals surface area contributed by atoms with Crippen LogP contribution in [0.15, 0.2) is 71.8 Å². The molecule has 0 saturated carbocycles. The monoisotopic (exact) mass is 1110 g/mol. The number of benzene rings is 4. The maximum absolute atomic E-state index is 9.36. The molecule has 4 aromatic carbocycles. The molecule has 4 atom stereocenters. The summed E-state index contributed by atoms with van der Waals surface area (Å²) in [5.41, 5.74) is 17.0. The Kier molecular flexibility index (Phi) is 15.4. The zero-order valence-corrected chi connectivity index (χ0v) is 56.6. The summed E-state index contributed by atoms with van der Waals surface area (Å²) in [4.78, 5) is 0. The third kappa shape index (κ3) is 10.2. The topological polar surface area (TPSA) is 0 Å². The first kappa shape index (κ1) is 56.2. The van der Waals surface area contributed by atoms with Crippen molar-refractivity contribution >= 4 is 88.1 Å². The second-order valence-corrected chi connectivity index (χ2v) is 91.1. The molecule has 0 fully saturated rings. The van der Waals surface area contributed by atoms with Crippen LogP contribution in [0.1, 0.15) is 123 Å². The van der Waals surface area contributed by atoms with Gasteiger partial charge in [0.1, 0.15) is 0 Å². The van der Waals surface area contributed by atoms with Gasteiger partial charge < -0.3 is 0 Å². The van der Waals surface area contributed by atoms with Crippen LogP contribution in [0.3, 0.4) is 0 Å². The second-order valence-electron chi connectivity index (χ2n) is 28.2. The molecule has 0 amide bonds. The van der Waals surface area contributed by atoms with Gasteiger partial charge in [0.25, 0.3) is 0 Å². The van der Waals surface area contributed by atoms with Crippen LogP contribution in [0.2, 0.25) is 91.7 Å². The van der Waals surface area contributed by atoms with Crippen molar-refractivity contribution in [2.45, 2.75) is 192 Å². The Labute approximate surface area is 430 Å². The maximum atomic E-state index is 9.36. The van der Waals surface area contributed by atoms with Gasteiger partial charge in [-0.3, -0.25) is 0 Å². The van der Waals surface area contributed by atoms with Crippen molar-refractivity contribution in [1.82, 2.24) is 0 Å². The molecule has 4 aromatic rings. The standard InChI is InChI=1S/2C29H43Si2.C2H7Si.2ClH.Zr/c2*1-12-20(2)22-15-21-13-14-27(29(3,4)5)28(26(21)18-22)23-16-24(30(6,7)8)19-25(17-23)31(9,10)11;1-3-2;;;/h2*13-20H,12H2,1-11H3;3H,1-2H3;2*1H;/q;;;;;+2/p-2. The van der Waals surface area contributed by atoms with E-state index in [4.69, 9.17) is 0 Å². The predicted molar refractivity (Wildman–Crippen MR) is 324 cm³/mol. The van der Waals surface area contributed by atoms with Crippen molar-refractivity contribution in [2.24, 2.45) is 11.8 Å². The van der Waals surface area contributed by atoms with E-state index in [9.17, 15) is 17.0 Å². The van der Waals surface area contributed by atoms with Crippen molar-refractivity contribution in [3.8, 4) is 22.3 Å². The molecule has 8 heteroatoms. The Bertz CT molecular complexity index is 2420. The van der Waals surface area contributed by atoms with Gasteiger partial charge >= 0.3 is 435 Å². The predicted octanol–water partition coefficient (Wildman–Crippen LogP) is 17.4. The molecular formula is C60H93Cl2Si5Zr. The van der Waals surface area contributed by atoms with Crippen molar-refractivity contribution in [1.29, 1.82) is 0 Å². The Morgan fingerprint density at radius 2 is 0.779 bits per heavy atom. The van der Waals surface area contributed by atoms with E-state index >= 15 is 0 Å². The Morgan fingerprint density at radius 3 is 1.00 bits per heavy atom. The average Bonchev–Trinajstić information content (AvgIpc) is 3.81. The zero-order valence-electron chi connectivity index (χ0n) is 47.5. The van der Waals surface area contributed by atoms with E-state index in [2.05, 4.69) is 234 Å². The molecule has 0 spiro atoms. The SMILES string of the molecule is CCC(C)C1=Cc2c(ccc(C(C)(C)C)c2-c2cc([Si](C)(C)C)cc([Si](C)(C)C)c2)[CH]1[Zr]([Cl])([Cl])([CH]1C(C(C)CC)=Cc2c1ccc(C(C)(C)C)c2-c1cc([Si](C)(C)C)cc([Si](C)(C)C)c1)[SiH](C)C. The average molecular weight is 1120 g/mol. The molecule has 0 heterocycles. The van der Waals surface area contributed by atoms with Gasteiger partial charge in [0.2, 0.25) is 0 Å². The van der Waals surface area contributed by atoms with E-state index in [1.54, 1.807) is 20.7 Å². The fourth-order valence-electron chi connectivity index (χ4n) is 11.5. The first-order valence-electron chi connectivity index (χ1n) is 26.5. The molecular weight excluding hydrogens is 1020 g/mol. The zero-order chi connectivity index (χ0) is 51.5. The minimum atomic E-state index is -5.24. The van der Waals surface area contributed by atoms with Crippen LogP contribution in [0.4, 0.5) is 0 Å². The quantitative estimate of drug-likeness (QED) is 0.117. The summed E-state index contributed by atoms with van der Waals surface area (Å²) >= 11 is -5.24. The number of fused-ring (bicyclic) bond motifs is 2. The summed E-state index contributed by atoms with van der Waals surface area (Å²) in [5.74, 6) is -1.14. The molecule has 0 bridgehead atoms. The molecule has 68 heavy (non-hydrogen) atoms. The third-order valence-electron chi connectivity index (χ3n) is 16.6. The summed E-state index contributed by atoms with van der Waals surface area (Å²) in [5, 5.41) is 6.24. The molecule has 0 N–H and O–H groups in total. The van der Waals surface area contributed by atoms with Gasteiger partial charge in [0, 0.05) is 0 Å². The second kappa shape index (κ2) is 18.7. The number of rotatable bonds is 13. The number of hydrogen-bond acceptors (Lipinski definition) is 0. The van der Waals surface area contributed by atoms with E-state index in [-0.39, 0.29) is 18.1 Å². The molecule has 2 aliphatic carbocycles. The normalized spacial score (nSPS) is 18.8. The van der Waals surface area contributed by atoms with Gasteiger partial charge in [0.15, 0.2) is 0 Å². The Hall–Kier alpha value is -1.09. The van der Waals surface area contributed by atoms with Gasteiger partial charge in [-0.1, -0.05) is 0 Å². The number of allylic oxidation sites excluding steroid dienone is 2. The van der Waals surface area contributed by atoms with Crippen LogP contribution in [-0.2, 0) is 26.4 Å². The first-order chi connectivity index (χ1) is 30.8. The van der Waals surface area contributed by atoms with E-state index in [1.165, 1.54) is 66.8 Å². The fraction of sp³-hybridized carbons (Fsp3) is 0.533. The van der Waals surface area contributed by atoms with Crippen LogP contribution in [-0.4, -0.2) is 38.2 Å². The van der Waals surface area contributed by atoms with Crippen LogP contribution in [0, 0.1) is 11.8 Å². The van der Waals surface area contributed by atoms with Crippen LogP contribution < -0.4 is 20.7 Å². The summed E-state index contributed by atoms with van der Waals surface area (Å²) in [6.45, 7) is 59.5. The van der Waals surface area contributed by atoms with Crippen molar-refractivity contribution in [3.63, 3.8) is 0 Å². The summed E-state index contributed by atoms with van der Waals surface area (Å²) in [7, 11) is 12.0. The number of hydrogen-bond donors (Lipinski definition) is 0. The van der Waals surface area contributed by atoms with E-state index in [0.717, 1.165) is 12.8 Å². The van der Waals surface area contributed by atoms with Gasteiger partial charge in [-0.2, -0.15) is 0 Å². The van der Waals surface area contributed by atoms with E-state index in [0.29, 0.717) is 11.8 Å². The Morgan fingerprint density at radius 1 is 0.500 bits per heavy atom. The van der Waals surface area contributed by atoms with Crippen molar-refractivity contribution in [2.75, 3.05) is 0 Å². The third-order valence-corrected chi connectivity index (χ3v) is 76.3. The molecule has 371 valence electrons. The summed E-state index contributed by atoms with van der Waals surface area (Å²) in [6.07, 6.45) is 7.45. The van der Waals surface area contributed by atoms with Gasteiger partial charge in [-0.15, -0.1) is 0 Å². The van der Waals surface area contributed by atoms with Crippen LogP contribution in [0.25, 0.3) is 34.4 Å². The molecule has 0 nitrogen and oxygen atoms in total. The minimum absolute atomic E-state index is 0.0312. The molecule has 6 rings (SSSR count). The van der Waals surface area contributed by atoms with E-state index < -0.39 is 53.8 Å². The number of halogens is 2. The van der Waals surface area contributed by atoms with Crippen LogP contribution >= 0.6 is 17.0 Å². The molecule has 0 aromatic heterocycles. The molecule has 0 saturated heterocycles. The summed E-state index contributed by atoms with van der Waals surface area (Å²) in [6, 6.07) is 25.7. The van der Waals surface area contributed by atoms with Crippen molar-refractivity contribution in [3.05, 3.63) is 105 Å². The van der Waals surface area contributed by atoms with Crippen molar-refractivity contribution < 1.29 is 15.6 Å².